The smallest absolute Gasteiger partial charge is 0.251 e. The van der Waals surface area contributed by atoms with E-state index in [4.69, 9.17) is 4.98 Å². The Hall–Kier alpha value is -1.32. The van der Waals surface area contributed by atoms with E-state index in [1.807, 2.05) is 30.3 Å². The summed E-state index contributed by atoms with van der Waals surface area (Å²) in [4.78, 5) is 23.1. The number of hydrogen-bond donors (Lipinski definition) is 1. The van der Waals surface area contributed by atoms with E-state index in [-0.39, 0.29) is 18.3 Å². The molecule has 0 spiro atoms. The first-order valence-electron chi connectivity index (χ1n) is 10.2. The number of amides is 1. The van der Waals surface area contributed by atoms with Crippen molar-refractivity contribution < 1.29 is 4.79 Å². The lowest BCUT2D eigenvalue weighted by Gasteiger charge is -2.34. The molecule has 1 aromatic heterocycles. The topological polar surface area (TPSA) is 48.5 Å². The van der Waals surface area contributed by atoms with Crippen LogP contribution >= 0.6 is 51.4 Å². The van der Waals surface area contributed by atoms with Gasteiger partial charge in [0, 0.05) is 54.2 Å². The molecule has 0 saturated carbocycles. The van der Waals surface area contributed by atoms with Crippen LogP contribution in [0.1, 0.15) is 17.3 Å². The van der Waals surface area contributed by atoms with Crippen LogP contribution in [0.4, 0.5) is 5.13 Å². The first-order chi connectivity index (χ1) is 14.6. The molecule has 1 aliphatic heterocycles. The minimum atomic E-state index is 0. The summed E-state index contributed by atoms with van der Waals surface area (Å²) in [6.45, 7) is 7.56. The molecule has 0 atom stereocenters. The van der Waals surface area contributed by atoms with E-state index in [2.05, 4.69) is 50.1 Å². The average molecular weight is 542 g/mol. The molecule has 1 saturated heterocycles. The summed E-state index contributed by atoms with van der Waals surface area (Å²) in [5.41, 5.74) is 1.78. The molecule has 31 heavy (non-hydrogen) atoms. The predicted octanol–water partition coefficient (Wildman–Crippen LogP) is 5.14. The quantitative estimate of drug-likeness (QED) is 0.420. The van der Waals surface area contributed by atoms with Crippen LogP contribution in [-0.4, -0.2) is 60.8 Å². The number of anilines is 1. The van der Waals surface area contributed by atoms with Gasteiger partial charge in [-0.3, -0.25) is 9.69 Å². The molecule has 5 nitrogen and oxygen atoms in total. The maximum Gasteiger partial charge on any atom is 0.251 e. The van der Waals surface area contributed by atoms with Crippen LogP contribution < -0.4 is 10.2 Å². The first kappa shape index (κ1) is 24.3. The van der Waals surface area contributed by atoms with E-state index < -0.39 is 0 Å². The van der Waals surface area contributed by atoms with E-state index >= 15 is 0 Å². The van der Waals surface area contributed by atoms with Crippen LogP contribution in [0.25, 0.3) is 10.2 Å². The van der Waals surface area contributed by atoms with Crippen LogP contribution in [0.5, 0.6) is 0 Å². The van der Waals surface area contributed by atoms with Crippen LogP contribution in [-0.2, 0) is 0 Å². The number of carbonyl (C=O) groups excluding carboxylic acids is 1. The minimum Gasteiger partial charge on any atom is -0.351 e. The number of hydrogen-bond acceptors (Lipinski definition) is 6. The van der Waals surface area contributed by atoms with Gasteiger partial charge in [-0.1, -0.05) is 34.2 Å². The van der Waals surface area contributed by atoms with Gasteiger partial charge in [-0.15, -0.1) is 24.2 Å². The fourth-order valence-electron chi connectivity index (χ4n) is 3.48. The summed E-state index contributed by atoms with van der Waals surface area (Å²) in [6.07, 6.45) is 0. The molecule has 0 unspecified atom stereocenters. The molecule has 1 fully saturated rings. The second kappa shape index (κ2) is 11.5. The van der Waals surface area contributed by atoms with Crippen LogP contribution in [0.2, 0.25) is 0 Å². The maximum atomic E-state index is 12.3. The van der Waals surface area contributed by atoms with Crippen LogP contribution in [0.3, 0.4) is 0 Å². The zero-order chi connectivity index (χ0) is 20.9. The number of carbonyl (C=O) groups is 1. The minimum absolute atomic E-state index is 0. The molecule has 2 aromatic carbocycles. The first-order valence-corrected chi connectivity index (χ1v) is 12.8. The fourth-order valence-corrected chi connectivity index (χ4v) is 5.71. The summed E-state index contributed by atoms with van der Waals surface area (Å²) in [5, 5.41) is 4.15. The molecule has 1 N–H and O–H groups in total. The molecule has 0 bridgehead atoms. The molecule has 0 aliphatic carbocycles. The normalized spacial score (nSPS) is 14.5. The van der Waals surface area contributed by atoms with E-state index in [1.165, 1.54) is 9.60 Å². The van der Waals surface area contributed by atoms with Crippen molar-refractivity contribution in [2.24, 2.45) is 0 Å². The molecule has 3 aromatic rings. The molecule has 166 valence electrons. The van der Waals surface area contributed by atoms with E-state index in [1.54, 1.807) is 23.1 Å². The van der Waals surface area contributed by atoms with Crippen molar-refractivity contribution in [2.75, 3.05) is 49.9 Å². The summed E-state index contributed by atoms with van der Waals surface area (Å²) in [6, 6.07) is 14.1. The van der Waals surface area contributed by atoms with E-state index in [9.17, 15) is 4.79 Å². The number of aromatic nitrogens is 1. The van der Waals surface area contributed by atoms with Crippen LogP contribution in [0, 0.1) is 0 Å². The van der Waals surface area contributed by atoms with E-state index in [0.717, 1.165) is 59.2 Å². The Balaban J connectivity index is 0.00000272. The third-order valence-electron chi connectivity index (χ3n) is 5.12. The lowest BCUT2D eigenvalue weighted by molar-refractivity contribution is 0.0947. The highest BCUT2D eigenvalue weighted by atomic mass is 79.9. The lowest BCUT2D eigenvalue weighted by atomic mass is 10.2. The number of thiazole rings is 1. The Morgan fingerprint density at radius 3 is 2.61 bits per heavy atom. The van der Waals surface area contributed by atoms with Gasteiger partial charge in [-0.25, -0.2) is 4.98 Å². The van der Waals surface area contributed by atoms with Crippen molar-refractivity contribution in [1.29, 1.82) is 0 Å². The summed E-state index contributed by atoms with van der Waals surface area (Å²) >= 11 is 7.07. The number of thioether (sulfide) groups is 1. The second-order valence-electron chi connectivity index (χ2n) is 7.15. The summed E-state index contributed by atoms with van der Waals surface area (Å²) < 4.78 is 2.30. The van der Waals surface area contributed by atoms with Gasteiger partial charge in [0.15, 0.2) is 5.13 Å². The van der Waals surface area contributed by atoms with Gasteiger partial charge in [-0.2, -0.15) is 0 Å². The Bertz CT molecular complexity index is 1010. The zero-order valence-corrected chi connectivity index (χ0v) is 21.4. The molecular weight excluding hydrogens is 516 g/mol. The van der Waals surface area contributed by atoms with Crippen molar-refractivity contribution in [3.8, 4) is 0 Å². The molecule has 1 aliphatic rings. The number of benzene rings is 2. The van der Waals surface area contributed by atoms with Gasteiger partial charge in [0.1, 0.15) is 0 Å². The third-order valence-corrected chi connectivity index (χ3v) is 7.59. The summed E-state index contributed by atoms with van der Waals surface area (Å²) in [5.74, 6) is 1.04. The molecule has 9 heteroatoms. The van der Waals surface area contributed by atoms with E-state index in [0.29, 0.717) is 6.54 Å². The zero-order valence-electron chi connectivity index (χ0n) is 17.3. The van der Waals surface area contributed by atoms with Crippen molar-refractivity contribution >= 4 is 72.7 Å². The maximum absolute atomic E-state index is 12.3. The molecular formula is C22H26BrClN4OS2. The van der Waals surface area contributed by atoms with Crippen molar-refractivity contribution in [1.82, 2.24) is 15.2 Å². The Kier molecular flexibility index (Phi) is 9.04. The Labute approximate surface area is 206 Å². The highest BCUT2D eigenvalue weighted by Gasteiger charge is 2.20. The monoisotopic (exact) mass is 540 g/mol. The van der Waals surface area contributed by atoms with Gasteiger partial charge in [-0.05, 0) is 48.2 Å². The Morgan fingerprint density at radius 1 is 1.16 bits per heavy atom. The Morgan fingerprint density at radius 2 is 1.90 bits per heavy atom. The molecule has 4 rings (SSSR count). The van der Waals surface area contributed by atoms with Crippen molar-refractivity contribution in [3.63, 3.8) is 0 Å². The van der Waals surface area contributed by atoms with Gasteiger partial charge in [0.25, 0.3) is 5.91 Å². The predicted molar refractivity (Wildman–Crippen MR) is 138 cm³/mol. The van der Waals surface area contributed by atoms with Crippen molar-refractivity contribution in [3.05, 3.63) is 52.5 Å². The lowest BCUT2D eigenvalue weighted by Crippen LogP contribution is -2.48. The summed E-state index contributed by atoms with van der Waals surface area (Å²) in [7, 11) is 0. The third kappa shape index (κ3) is 6.35. The average Bonchev–Trinajstić information content (AvgIpc) is 3.18. The SMILES string of the molecule is CCSc1ccc(C(=O)NCCN2CCN(c3nc4ccc(Br)cc4s3)CC2)cc1.Cl. The van der Waals surface area contributed by atoms with Gasteiger partial charge in [0.05, 0.1) is 10.2 Å². The molecule has 2 heterocycles. The highest BCUT2D eigenvalue weighted by Crippen LogP contribution is 2.31. The van der Waals surface area contributed by atoms with Gasteiger partial charge >= 0.3 is 0 Å². The number of halogens is 2. The number of rotatable bonds is 7. The standard InChI is InChI=1S/C22H25BrN4OS2.ClH/c1-2-29-18-6-3-16(4-7-18)21(28)24-9-10-26-11-13-27(14-12-26)22-25-19-8-5-17(23)15-20(19)30-22;/h3-8,15H,2,9-14H2,1H3,(H,24,28);1H. The number of nitrogens with zero attached hydrogens (tertiary/aromatic N) is 3. The van der Waals surface area contributed by atoms with Crippen molar-refractivity contribution in [2.45, 2.75) is 11.8 Å². The number of piperazine rings is 1. The molecule has 1 amide bonds. The van der Waals surface area contributed by atoms with Gasteiger partial charge in [0.2, 0.25) is 0 Å². The largest absolute Gasteiger partial charge is 0.351 e. The highest BCUT2D eigenvalue weighted by molar-refractivity contribution is 9.10. The van der Waals surface area contributed by atoms with Crippen LogP contribution in [0.15, 0.2) is 51.8 Å². The molecule has 0 radical (unpaired) electrons. The number of nitrogens with one attached hydrogen (secondary N) is 1. The fraction of sp³-hybridized carbons (Fsp3) is 0.364. The second-order valence-corrected chi connectivity index (χ2v) is 10.4. The number of fused-ring (bicyclic) bond motifs is 1. The van der Waals surface area contributed by atoms with Gasteiger partial charge < -0.3 is 10.2 Å².